The largest absolute Gasteiger partial charge is 0.492 e. The summed E-state index contributed by atoms with van der Waals surface area (Å²) in [5.41, 5.74) is 2.04. The van der Waals surface area contributed by atoms with Crippen LogP contribution in [0.5, 0.6) is 11.8 Å². The normalized spacial score (nSPS) is 15.3. The molecule has 0 atom stereocenters. The maximum absolute atomic E-state index is 12.8. The van der Waals surface area contributed by atoms with Crippen molar-refractivity contribution in [1.82, 2.24) is 25.2 Å². The Labute approximate surface area is 253 Å². The highest BCUT2D eigenvalue weighted by atomic mass is 19.4. The Bertz CT molecular complexity index is 1370. The molecule has 6 rings (SSSR count). The van der Waals surface area contributed by atoms with Crippen LogP contribution >= 0.6 is 0 Å². The molecule has 2 N–H and O–H groups in total. The third-order valence-electron chi connectivity index (χ3n) is 6.52. The number of carbonyl (C=O) groups is 2. The van der Waals surface area contributed by atoms with Gasteiger partial charge in [-0.15, -0.1) is 0 Å². The first-order valence-corrected chi connectivity index (χ1v) is 14.4. The standard InChI is InChI=1S/C30H35F3N6O5/c1-2-42-29(41)39-15-5-3-4-14-34-26(40)23-10-6-21(7-11-23)18-25-36-27(38-28(37-25)44-20-30(31,32)33)35-19-22-8-12-24(13-9-22)43-17-16-39/h6-13H,2-5,14-20H2,1H3,(H,34,40)(H,35,36,37,38). The summed E-state index contributed by atoms with van der Waals surface area (Å²) in [6.45, 7) is 2.33. The molecule has 0 radical (unpaired) electrons. The number of carbonyl (C=O) groups excluding carboxylic acids is 2. The lowest BCUT2D eigenvalue weighted by Crippen LogP contribution is -2.36. The van der Waals surface area contributed by atoms with E-state index in [0.29, 0.717) is 30.9 Å². The number of ether oxygens (including phenoxy) is 3. The summed E-state index contributed by atoms with van der Waals surface area (Å²) < 4.78 is 54.2. The first-order chi connectivity index (χ1) is 21.2. The molecular weight excluding hydrogens is 581 g/mol. The smallest absolute Gasteiger partial charge is 0.422 e. The van der Waals surface area contributed by atoms with Crippen LogP contribution in [0.25, 0.3) is 0 Å². The van der Waals surface area contributed by atoms with Crippen molar-refractivity contribution in [3.63, 3.8) is 0 Å². The van der Waals surface area contributed by atoms with Gasteiger partial charge in [0.2, 0.25) is 5.95 Å². The van der Waals surface area contributed by atoms with Gasteiger partial charge in [-0.2, -0.15) is 28.1 Å². The number of nitrogens with zero attached hydrogens (tertiary/aromatic N) is 4. The number of alkyl halides is 3. The number of aromatic nitrogens is 3. The quantitative estimate of drug-likeness (QED) is 0.428. The minimum absolute atomic E-state index is 0.0491. The molecule has 11 nitrogen and oxygen atoms in total. The van der Waals surface area contributed by atoms with Crippen molar-refractivity contribution in [2.45, 2.75) is 45.3 Å². The van der Waals surface area contributed by atoms with Gasteiger partial charge in [-0.05, 0) is 61.6 Å². The van der Waals surface area contributed by atoms with E-state index in [1.54, 1.807) is 48.2 Å². The minimum Gasteiger partial charge on any atom is -0.492 e. The second-order valence-corrected chi connectivity index (χ2v) is 9.98. The van der Waals surface area contributed by atoms with E-state index < -0.39 is 24.9 Å². The van der Waals surface area contributed by atoms with Crippen LogP contribution in [0.2, 0.25) is 0 Å². The first-order valence-electron chi connectivity index (χ1n) is 14.4. The van der Waals surface area contributed by atoms with Crippen LogP contribution in [0.3, 0.4) is 0 Å². The number of anilines is 1. The van der Waals surface area contributed by atoms with Crippen LogP contribution in [0, 0.1) is 0 Å². The number of hydrogen-bond donors (Lipinski definition) is 2. The summed E-state index contributed by atoms with van der Waals surface area (Å²) in [7, 11) is 0. The fourth-order valence-corrected chi connectivity index (χ4v) is 4.30. The van der Waals surface area contributed by atoms with Gasteiger partial charge in [0.15, 0.2) is 6.61 Å². The highest BCUT2D eigenvalue weighted by Crippen LogP contribution is 2.19. The van der Waals surface area contributed by atoms with Crippen LogP contribution < -0.4 is 20.1 Å². The number of halogens is 3. The Kier molecular flexibility index (Phi) is 11.5. The van der Waals surface area contributed by atoms with Crippen LogP contribution in [-0.4, -0.2) is 77.5 Å². The number of benzene rings is 2. The molecule has 6 bridgehead atoms. The number of fused-ring (bicyclic) bond motifs is 2. The van der Waals surface area contributed by atoms with Crippen molar-refractivity contribution in [2.24, 2.45) is 0 Å². The highest BCUT2D eigenvalue weighted by molar-refractivity contribution is 5.94. The molecule has 2 aromatic carbocycles. The Morgan fingerprint density at radius 3 is 2.43 bits per heavy atom. The van der Waals surface area contributed by atoms with Gasteiger partial charge in [-0.25, -0.2) is 4.79 Å². The van der Waals surface area contributed by atoms with Crippen molar-refractivity contribution < 1.29 is 37.0 Å². The van der Waals surface area contributed by atoms with E-state index in [4.69, 9.17) is 14.2 Å². The van der Waals surface area contributed by atoms with Crippen LogP contribution in [0.4, 0.5) is 23.9 Å². The van der Waals surface area contributed by atoms with Crippen molar-refractivity contribution in [3.05, 3.63) is 71.0 Å². The lowest BCUT2D eigenvalue weighted by Gasteiger charge is -2.22. The van der Waals surface area contributed by atoms with Gasteiger partial charge in [0.25, 0.3) is 5.91 Å². The number of hydrogen-bond acceptors (Lipinski definition) is 9. The lowest BCUT2D eigenvalue weighted by molar-refractivity contribution is -0.154. The molecule has 0 aliphatic carbocycles. The SMILES string of the molecule is CCOC(=O)N1CCCCCNC(=O)c2ccc(cc2)Cc2nc(nc(OCC(F)(F)F)n2)NCc2ccc(cc2)OCC1. The summed E-state index contributed by atoms with van der Waals surface area (Å²) in [6.07, 6.45) is -2.51. The molecule has 236 valence electrons. The number of nitrogens with one attached hydrogen (secondary N) is 2. The van der Waals surface area contributed by atoms with Gasteiger partial charge in [0.1, 0.15) is 18.2 Å². The molecule has 2 amide bonds. The molecule has 0 saturated carbocycles. The molecule has 0 saturated heterocycles. The van der Waals surface area contributed by atoms with Gasteiger partial charge in [0, 0.05) is 31.6 Å². The van der Waals surface area contributed by atoms with Crippen molar-refractivity contribution >= 4 is 17.9 Å². The molecule has 0 unspecified atom stereocenters. The summed E-state index contributed by atoms with van der Waals surface area (Å²) in [5.74, 6) is 0.625. The lowest BCUT2D eigenvalue weighted by atomic mass is 10.1. The molecule has 4 heterocycles. The minimum atomic E-state index is -4.56. The summed E-state index contributed by atoms with van der Waals surface area (Å²) in [6, 6.07) is 13.5. The summed E-state index contributed by atoms with van der Waals surface area (Å²) in [5, 5.41) is 5.90. The summed E-state index contributed by atoms with van der Waals surface area (Å²) in [4.78, 5) is 39.1. The molecule has 1 aromatic heterocycles. The topological polar surface area (TPSA) is 128 Å². The Morgan fingerprint density at radius 2 is 1.70 bits per heavy atom. The Balaban J connectivity index is 1.52. The zero-order chi connectivity index (χ0) is 31.4. The van der Waals surface area contributed by atoms with E-state index in [9.17, 15) is 22.8 Å². The molecule has 3 aliphatic heterocycles. The molecule has 3 aliphatic rings. The van der Waals surface area contributed by atoms with Crippen LogP contribution in [0.1, 0.15) is 53.5 Å². The molecule has 0 fully saturated rings. The first kappa shape index (κ1) is 32.3. The zero-order valence-corrected chi connectivity index (χ0v) is 24.4. The second kappa shape index (κ2) is 15.7. The fraction of sp³-hybridized carbons (Fsp3) is 0.433. The van der Waals surface area contributed by atoms with Crippen molar-refractivity contribution in [1.29, 1.82) is 0 Å². The maximum Gasteiger partial charge on any atom is 0.422 e. The predicted molar refractivity (Wildman–Crippen MR) is 155 cm³/mol. The molecule has 14 heteroatoms. The van der Waals surface area contributed by atoms with Gasteiger partial charge in [-0.1, -0.05) is 24.3 Å². The molecule has 3 aromatic rings. The second-order valence-electron chi connectivity index (χ2n) is 9.98. The maximum atomic E-state index is 12.8. The number of amides is 2. The third-order valence-corrected chi connectivity index (χ3v) is 6.52. The molecule has 0 spiro atoms. The Morgan fingerprint density at radius 1 is 0.955 bits per heavy atom. The van der Waals surface area contributed by atoms with E-state index >= 15 is 0 Å². The summed E-state index contributed by atoms with van der Waals surface area (Å²) >= 11 is 0. The van der Waals surface area contributed by atoms with E-state index in [1.807, 2.05) is 12.1 Å². The molecular formula is C30H35F3N6O5. The van der Waals surface area contributed by atoms with Gasteiger partial charge >= 0.3 is 18.3 Å². The fourth-order valence-electron chi connectivity index (χ4n) is 4.30. The van der Waals surface area contributed by atoms with E-state index in [1.165, 1.54) is 0 Å². The van der Waals surface area contributed by atoms with E-state index in [0.717, 1.165) is 30.4 Å². The highest BCUT2D eigenvalue weighted by Gasteiger charge is 2.29. The van der Waals surface area contributed by atoms with E-state index in [2.05, 4.69) is 25.6 Å². The Hall–Kier alpha value is -4.62. The van der Waals surface area contributed by atoms with Gasteiger partial charge < -0.3 is 29.7 Å². The average molecular weight is 617 g/mol. The zero-order valence-electron chi connectivity index (χ0n) is 24.4. The third kappa shape index (κ3) is 10.6. The predicted octanol–water partition coefficient (Wildman–Crippen LogP) is 4.77. The molecule has 44 heavy (non-hydrogen) atoms. The van der Waals surface area contributed by atoms with Gasteiger partial charge in [-0.3, -0.25) is 4.79 Å². The van der Waals surface area contributed by atoms with Crippen LogP contribution in [0.15, 0.2) is 48.5 Å². The van der Waals surface area contributed by atoms with E-state index in [-0.39, 0.29) is 43.9 Å². The van der Waals surface area contributed by atoms with Crippen molar-refractivity contribution in [2.75, 3.05) is 44.8 Å². The van der Waals surface area contributed by atoms with Gasteiger partial charge in [0.05, 0.1) is 13.2 Å². The van der Waals surface area contributed by atoms with Crippen molar-refractivity contribution in [3.8, 4) is 11.8 Å². The monoisotopic (exact) mass is 616 g/mol. The van der Waals surface area contributed by atoms with Crippen LogP contribution in [-0.2, 0) is 17.7 Å². The number of rotatable bonds is 3. The average Bonchev–Trinajstić information content (AvgIpc) is 3.00.